The average Bonchev–Trinajstić information content (AvgIpc) is 3.01. The maximum atomic E-state index is 13.2. The number of hydrogen-bond donors (Lipinski definition) is 2. The van der Waals surface area contributed by atoms with Crippen LogP contribution in [-0.2, 0) is 15.8 Å². The van der Waals surface area contributed by atoms with Gasteiger partial charge in [-0.15, -0.1) is 0 Å². The lowest BCUT2D eigenvalue weighted by atomic mass is 9.99. The van der Waals surface area contributed by atoms with Gasteiger partial charge in [0.15, 0.2) is 0 Å². The van der Waals surface area contributed by atoms with Gasteiger partial charge in [-0.1, -0.05) is 12.1 Å². The van der Waals surface area contributed by atoms with Crippen LogP contribution in [0.15, 0.2) is 24.3 Å². The predicted octanol–water partition coefficient (Wildman–Crippen LogP) is 2.32. The fourth-order valence-electron chi connectivity index (χ4n) is 3.61. The minimum absolute atomic E-state index is 0.0443. The molecule has 152 valence electrons. The molecule has 1 aromatic rings. The summed E-state index contributed by atoms with van der Waals surface area (Å²) in [5.74, 6) is -2.25. The highest BCUT2D eigenvalue weighted by atomic mass is 19.4. The number of hydrogen-bond acceptors (Lipinski definition) is 3. The van der Waals surface area contributed by atoms with Gasteiger partial charge in [-0.25, -0.2) is 4.79 Å². The van der Waals surface area contributed by atoms with E-state index in [4.69, 9.17) is 5.11 Å². The number of alkyl halides is 3. The maximum Gasteiger partial charge on any atom is 0.418 e. The summed E-state index contributed by atoms with van der Waals surface area (Å²) in [4.78, 5) is 38.5. The van der Waals surface area contributed by atoms with Gasteiger partial charge in [0.05, 0.1) is 17.2 Å². The van der Waals surface area contributed by atoms with Crippen LogP contribution in [0.4, 0.5) is 23.7 Å². The van der Waals surface area contributed by atoms with Crippen molar-refractivity contribution in [1.82, 2.24) is 10.2 Å². The number of aliphatic carboxylic acids is 1. The number of carboxylic acids is 1. The largest absolute Gasteiger partial charge is 0.481 e. The van der Waals surface area contributed by atoms with Gasteiger partial charge in [0, 0.05) is 19.6 Å². The van der Waals surface area contributed by atoms with E-state index in [0.717, 1.165) is 11.0 Å². The fraction of sp³-hybridized carbons (Fsp3) is 0.500. The molecule has 2 aliphatic heterocycles. The number of para-hydroxylation sites is 1. The van der Waals surface area contributed by atoms with E-state index < -0.39 is 41.6 Å². The van der Waals surface area contributed by atoms with Crippen molar-refractivity contribution in [3.8, 4) is 0 Å². The number of carbonyl (C=O) groups excluding carboxylic acids is 2. The second-order valence-electron chi connectivity index (χ2n) is 6.92. The van der Waals surface area contributed by atoms with Gasteiger partial charge in [-0.05, 0) is 31.4 Å². The van der Waals surface area contributed by atoms with Gasteiger partial charge in [0.2, 0.25) is 5.91 Å². The third-order valence-electron chi connectivity index (χ3n) is 5.06. The smallest absolute Gasteiger partial charge is 0.418 e. The molecule has 0 saturated carbocycles. The molecule has 10 heteroatoms. The molecule has 2 N–H and O–H groups in total. The molecule has 2 atom stereocenters. The van der Waals surface area contributed by atoms with Crippen LogP contribution in [0, 0.1) is 5.92 Å². The van der Waals surface area contributed by atoms with Crippen LogP contribution in [0.3, 0.4) is 0 Å². The third-order valence-corrected chi connectivity index (χ3v) is 5.06. The number of carboxylic acid groups (broad SMARTS) is 1. The van der Waals surface area contributed by atoms with Crippen molar-refractivity contribution in [3.63, 3.8) is 0 Å². The number of piperidine rings is 1. The molecule has 2 fully saturated rings. The molecule has 7 nitrogen and oxygen atoms in total. The van der Waals surface area contributed by atoms with E-state index in [1.165, 1.54) is 23.1 Å². The molecule has 0 spiro atoms. The minimum Gasteiger partial charge on any atom is -0.481 e. The molecule has 3 rings (SSSR count). The van der Waals surface area contributed by atoms with Crippen LogP contribution >= 0.6 is 0 Å². The van der Waals surface area contributed by atoms with Crippen LogP contribution in [0.25, 0.3) is 0 Å². The van der Waals surface area contributed by atoms with Gasteiger partial charge >= 0.3 is 18.2 Å². The lowest BCUT2D eigenvalue weighted by Gasteiger charge is -2.31. The number of anilines is 1. The van der Waals surface area contributed by atoms with Gasteiger partial charge in [0.25, 0.3) is 0 Å². The molecule has 0 radical (unpaired) electrons. The molecular formula is C18H20F3N3O4. The average molecular weight is 399 g/mol. The van der Waals surface area contributed by atoms with Gasteiger partial charge in [0.1, 0.15) is 6.04 Å². The summed E-state index contributed by atoms with van der Waals surface area (Å²) in [6, 6.07) is 3.29. The Bertz CT molecular complexity index is 784. The molecule has 2 heterocycles. The fourth-order valence-corrected chi connectivity index (χ4v) is 3.61. The molecular weight excluding hydrogens is 379 g/mol. The van der Waals surface area contributed by atoms with E-state index in [1.54, 1.807) is 0 Å². The first-order chi connectivity index (χ1) is 13.2. The van der Waals surface area contributed by atoms with E-state index in [2.05, 4.69) is 5.32 Å². The topological polar surface area (TPSA) is 89.9 Å². The number of carbonyl (C=O) groups is 3. The molecule has 2 aliphatic rings. The summed E-state index contributed by atoms with van der Waals surface area (Å²) in [6.07, 6.45) is -3.41. The Kier molecular flexibility index (Phi) is 5.48. The molecule has 0 aliphatic carbocycles. The predicted molar refractivity (Wildman–Crippen MR) is 92.7 cm³/mol. The number of rotatable bonds is 3. The summed E-state index contributed by atoms with van der Waals surface area (Å²) in [5, 5.41) is 11.6. The zero-order valence-corrected chi connectivity index (χ0v) is 14.9. The quantitative estimate of drug-likeness (QED) is 0.816. The Balaban J connectivity index is 1.68. The second-order valence-corrected chi connectivity index (χ2v) is 6.92. The van der Waals surface area contributed by atoms with Crippen molar-refractivity contribution >= 4 is 23.6 Å². The minimum atomic E-state index is -4.60. The van der Waals surface area contributed by atoms with Crippen LogP contribution < -0.4 is 10.2 Å². The number of benzene rings is 1. The number of amides is 3. The Morgan fingerprint density at radius 1 is 1.14 bits per heavy atom. The Morgan fingerprint density at radius 2 is 1.86 bits per heavy atom. The number of likely N-dealkylation sites (tertiary alicyclic amines) is 1. The SMILES string of the molecule is O=C(O)C1CCCN(C(=O)NC2CCN(c3ccccc3C(F)(F)F)C2=O)C1. The van der Waals surface area contributed by atoms with Gasteiger partial charge in [-0.2, -0.15) is 13.2 Å². The Morgan fingerprint density at radius 3 is 2.54 bits per heavy atom. The lowest BCUT2D eigenvalue weighted by molar-refractivity contribution is -0.143. The zero-order valence-electron chi connectivity index (χ0n) is 14.9. The second kappa shape index (κ2) is 7.69. The molecule has 28 heavy (non-hydrogen) atoms. The van der Waals surface area contributed by atoms with Gasteiger partial charge < -0.3 is 20.2 Å². The standard InChI is InChI=1S/C18H20F3N3O4/c19-18(20,21)12-5-1-2-6-14(12)24-9-7-13(15(24)25)22-17(28)23-8-3-4-11(10-23)16(26)27/h1-2,5-6,11,13H,3-4,7-10H2,(H,22,28)(H,26,27). The monoisotopic (exact) mass is 399 g/mol. The van der Waals surface area contributed by atoms with E-state index in [-0.39, 0.29) is 25.2 Å². The molecule has 0 bridgehead atoms. The molecule has 2 unspecified atom stereocenters. The van der Waals surface area contributed by atoms with Crippen LogP contribution in [-0.4, -0.2) is 53.6 Å². The zero-order chi connectivity index (χ0) is 20.5. The molecule has 0 aromatic heterocycles. The van der Waals surface area contributed by atoms with Crippen LogP contribution in [0.2, 0.25) is 0 Å². The third kappa shape index (κ3) is 4.05. The summed E-state index contributed by atoms with van der Waals surface area (Å²) >= 11 is 0. The molecule has 1 aromatic carbocycles. The van der Waals surface area contributed by atoms with E-state index in [9.17, 15) is 27.6 Å². The first-order valence-electron chi connectivity index (χ1n) is 8.94. The molecule has 2 saturated heterocycles. The van der Waals surface area contributed by atoms with Crippen molar-refractivity contribution in [2.24, 2.45) is 5.92 Å². The number of nitrogens with one attached hydrogen (secondary N) is 1. The van der Waals surface area contributed by atoms with Crippen LogP contribution in [0.1, 0.15) is 24.8 Å². The van der Waals surface area contributed by atoms with Crippen molar-refractivity contribution in [2.75, 3.05) is 24.5 Å². The summed E-state index contributed by atoms with van der Waals surface area (Å²) in [5.41, 5.74) is -1.14. The first-order valence-corrected chi connectivity index (χ1v) is 8.94. The van der Waals surface area contributed by atoms with E-state index in [0.29, 0.717) is 19.4 Å². The van der Waals surface area contributed by atoms with Crippen molar-refractivity contribution in [1.29, 1.82) is 0 Å². The maximum absolute atomic E-state index is 13.2. The van der Waals surface area contributed by atoms with Crippen molar-refractivity contribution in [3.05, 3.63) is 29.8 Å². The number of urea groups is 1. The Hall–Kier alpha value is -2.78. The summed E-state index contributed by atoms with van der Waals surface area (Å²) in [6.45, 7) is 0.467. The van der Waals surface area contributed by atoms with Crippen molar-refractivity contribution < 1.29 is 32.7 Å². The Labute approximate surface area is 159 Å². The van der Waals surface area contributed by atoms with Crippen molar-refractivity contribution in [2.45, 2.75) is 31.5 Å². The summed E-state index contributed by atoms with van der Waals surface area (Å²) in [7, 11) is 0. The number of halogens is 3. The van der Waals surface area contributed by atoms with Crippen LogP contribution in [0.5, 0.6) is 0 Å². The first kappa shape index (κ1) is 20.0. The van der Waals surface area contributed by atoms with Gasteiger partial charge in [-0.3, -0.25) is 9.59 Å². The number of nitrogens with zero attached hydrogens (tertiary/aromatic N) is 2. The lowest BCUT2D eigenvalue weighted by Crippen LogP contribution is -2.51. The normalized spacial score (nSPS) is 23.0. The highest BCUT2D eigenvalue weighted by Crippen LogP contribution is 2.37. The van der Waals surface area contributed by atoms with E-state index >= 15 is 0 Å². The van der Waals surface area contributed by atoms with E-state index in [1.807, 2.05) is 0 Å². The molecule has 3 amide bonds. The highest BCUT2D eigenvalue weighted by molar-refractivity contribution is 6.01. The summed E-state index contributed by atoms with van der Waals surface area (Å²) < 4.78 is 39.7. The highest BCUT2D eigenvalue weighted by Gasteiger charge is 2.40.